The molecule has 7 nitrogen and oxygen atoms in total. The minimum Gasteiger partial charge on any atom is -0.478 e. The molecule has 0 radical (unpaired) electrons. The fourth-order valence-electron chi connectivity index (χ4n) is 2.37. The van der Waals surface area contributed by atoms with Gasteiger partial charge in [-0.05, 0) is 42.5 Å². The van der Waals surface area contributed by atoms with Crippen LogP contribution in [0.1, 0.15) is 16.8 Å². The third-order valence-corrected chi connectivity index (χ3v) is 3.84. The number of hydrogen-bond donors (Lipinski definition) is 2. The van der Waals surface area contributed by atoms with Crippen LogP contribution in [0, 0.1) is 0 Å². The van der Waals surface area contributed by atoms with Gasteiger partial charge in [0, 0.05) is 18.0 Å². The maximum Gasteiger partial charge on any atom is 0.335 e. The van der Waals surface area contributed by atoms with Crippen LogP contribution in [-0.4, -0.2) is 29.6 Å². The molecule has 1 fully saturated rings. The van der Waals surface area contributed by atoms with Crippen molar-refractivity contribution in [2.75, 3.05) is 11.4 Å². The Morgan fingerprint density at radius 1 is 1.16 bits per heavy atom. The largest absolute Gasteiger partial charge is 0.478 e. The van der Waals surface area contributed by atoms with Crippen molar-refractivity contribution in [2.24, 2.45) is 0 Å². The summed E-state index contributed by atoms with van der Waals surface area (Å²) in [4.78, 5) is 36.0. The number of nitrogens with one attached hydrogen (secondary N) is 1. The quantitative estimate of drug-likeness (QED) is 0.872. The summed E-state index contributed by atoms with van der Waals surface area (Å²) < 4.78 is 5.77. The van der Waals surface area contributed by atoms with E-state index in [1.807, 2.05) is 0 Å². The number of benzene rings is 2. The molecule has 1 saturated heterocycles. The van der Waals surface area contributed by atoms with E-state index in [4.69, 9.17) is 16.3 Å². The van der Waals surface area contributed by atoms with Gasteiger partial charge in [0.05, 0.1) is 11.3 Å². The van der Waals surface area contributed by atoms with Crippen molar-refractivity contribution in [3.8, 4) is 11.5 Å². The molecule has 1 aliphatic heterocycles. The lowest BCUT2D eigenvalue weighted by Crippen LogP contribution is -2.49. The first-order chi connectivity index (χ1) is 11.9. The molecule has 0 atom stereocenters. The molecule has 0 unspecified atom stereocenters. The van der Waals surface area contributed by atoms with Crippen LogP contribution in [0.5, 0.6) is 11.5 Å². The van der Waals surface area contributed by atoms with Crippen LogP contribution in [0.25, 0.3) is 0 Å². The van der Waals surface area contributed by atoms with E-state index >= 15 is 0 Å². The Bertz CT molecular complexity index is 851. The topological polar surface area (TPSA) is 95.9 Å². The highest BCUT2D eigenvalue weighted by Gasteiger charge is 2.27. The average Bonchev–Trinajstić information content (AvgIpc) is 2.57. The fraction of sp³-hybridized carbons (Fsp3) is 0.118. The Hall–Kier alpha value is -3.06. The van der Waals surface area contributed by atoms with Gasteiger partial charge in [-0.25, -0.2) is 9.59 Å². The van der Waals surface area contributed by atoms with Crippen LogP contribution < -0.4 is 15.0 Å². The first-order valence-corrected chi connectivity index (χ1v) is 7.74. The molecule has 0 spiro atoms. The molecule has 8 heteroatoms. The summed E-state index contributed by atoms with van der Waals surface area (Å²) in [6, 6.07) is 10.2. The number of rotatable bonds is 4. The molecule has 0 saturated carbocycles. The Kier molecular flexibility index (Phi) is 4.58. The van der Waals surface area contributed by atoms with Gasteiger partial charge >= 0.3 is 12.0 Å². The van der Waals surface area contributed by atoms with Gasteiger partial charge in [0.25, 0.3) is 0 Å². The maximum atomic E-state index is 12.1. The molecule has 3 rings (SSSR count). The number of hydrogen-bond acceptors (Lipinski definition) is 4. The lowest BCUT2D eigenvalue weighted by atomic mass is 10.1. The number of anilines is 1. The summed E-state index contributed by atoms with van der Waals surface area (Å²) in [7, 11) is 0. The number of carbonyl (C=O) groups is 3. The molecule has 1 heterocycles. The smallest absolute Gasteiger partial charge is 0.335 e. The molecule has 0 aromatic heterocycles. The standard InChI is InChI=1S/C17H13ClN2O5/c18-11-2-4-12(5-3-11)25-14-6-1-10(16(22)23)9-13(14)20-8-7-15(21)19-17(20)24/h1-6,9H,7-8H2,(H,22,23)(H,19,21,24). The van der Waals surface area contributed by atoms with E-state index in [2.05, 4.69) is 5.32 Å². The number of aromatic carboxylic acids is 1. The predicted octanol–water partition coefficient (Wildman–Crippen LogP) is 3.28. The van der Waals surface area contributed by atoms with E-state index in [-0.39, 0.29) is 35.9 Å². The van der Waals surface area contributed by atoms with Crippen LogP contribution in [0.4, 0.5) is 10.5 Å². The number of urea groups is 1. The van der Waals surface area contributed by atoms with Crippen LogP contribution in [0.3, 0.4) is 0 Å². The zero-order valence-electron chi connectivity index (χ0n) is 12.9. The van der Waals surface area contributed by atoms with Crippen molar-refractivity contribution in [3.05, 3.63) is 53.1 Å². The van der Waals surface area contributed by atoms with Crippen LogP contribution >= 0.6 is 11.6 Å². The van der Waals surface area contributed by atoms with Gasteiger partial charge in [-0.15, -0.1) is 0 Å². The number of carboxylic acid groups (broad SMARTS) is 1. The number of ether oxygens (including phenoxy) is 1. The Balaban J connectivity index is 1.99. The van der Waals surface area contributed by atoms with Crippen molar-refractivity contribution >= 4 is 35.2 Å². The van der Waals surface area contributed by atoms with Gasteiger partial charge in [-0.2, -0.15) is 0 Å². The maximum absolute atomic E-state index is 12.1. The molecule has 0 bridgehead atoms. The lowest BCUT2D eigenvalue weighted by Gasteiger charge is -2.28. The van der Waals surface area contributed by atoms with E-state index in [9.17, 15) is 19.5 Å². The first kappa shape index (κ1) is 16.8. The average molecular weight is 361 g/mol. The summed E-state index contributed by atoms with van der Waals surface area (Å²) in [6.45, 7) is 0.130. The first-order valence-electron chi connectivity index (χ1n) is 7.36. The highest BCUT2D eigenvalue weighted by atomic mass is 35.5. The van der Waals surface area contributed by atoms with Gasteiger partial charge in [-0.1, -0.05) is 11.6 Å². The zero-order chi connectivity index (χ0) is 18.0. The Labute approximate surface area is 147 Å². The van der Waals surface area contributed by atoms with Gasteiger partial charge in [0.15, 0.2) is 5.75 Å². The summed E-state index contributed by atoms with van der Waals surface area (Å²) in [5, 5.41) is 11.9. The van der Waals surface area contributed by atoms with Crippen molar-refractivity contribution in [1.29, 1.82) is 0 Å². The third kappa shape index (κ3) is 3.72. The van der Waals surface area contributed by atoms with E-state index in [1.165, 1.54) is 23.1 Å². The summed E-state index contributed by atoms with van der Waals surface area (Å²) in [5.41, 5.74) is 0.267. The number of amides is 3. The van der Waals surface area contributed by atoms with Crippen molar-refractivity contribution in [2.45, 2.75) is 6.42 Å². The molecule has 1 aliphatic rings. The monoisotopic (exact) mass is 360 g/mol. The van der Waals surface area contributed by atoms with Gasteiger partial charge in [-0.3, -0.25) is 15.0 Å². The number of nitrogens with zero attached hydrogens (tertiary/aromatic N) is 1. The second kappa shape index (κ2) is 6.82. The molecule has 2 N–H and O–H groups in total. The fourth-order valence-corrected chi connectivity index (χ4v) is 2.50. The Morgan fingerprint density at radius 2 is 1.88 bits per heavy atom. The normalized spacial score (nSPS) is 14.2. The van der Waals surface area contributed by atoms with Crippen molar-refractivity contribution in [3.63, 3.8) is 0 Å². The van der Waals surface area contributed by atoms with E-state index in [1.54, 1.807) is 24.3 Å². The molecule has 25 heavy (non-hydrogen) atoms. The second-order valence-corrected chi connectivity index (χ2v) is 5.74. The number of carbonyl (C=O) groups excluding carboxylic acids is 2. The Morgan fingerprint density at radius 3 is 2.52 bits per heavy atom. The van der Waals surface area contributed by atoms with E-state index in [0.29, 0.717) is 10.8 Å². The predicted molar refractivity (Wildman–Crippen MR) is 90.4 cm³/mol. The molecular weight excluding hydrogens is 348 g/mol. The molecule has 0 aliphatic carbocycles. The highest BCUT2D eigenvalue weighted by molar-refractivity contribution is 6.30. The number of halogens is 1. The van der Waals surface area contributed by atoms with Crippen LogP contribution in [-0.2, 0) is 4.79 Å². The number of carboxylic acids is 1. The SMILES string of the molecule is O=C1CCN(c2cc(C(=O)O)ccc2Oc2ccc(Cl)cc2)C(=O)N1. The molecular formula is C17H13ClN2O5. The summed E-state index contributed by atoms with van der Waals surface area (Å²) in [5.74, 6) is -0.748. The van der Waals surface area contributed by atoms with Gasteiger partial charge in [0.1, 0.15) is 5.75 Å². The highest BCUT2D eigenvalue weighted by Crippen LogP contribution is 2.34. The third-order valence-electron chi connectivity index (χ3n) is 3.59. The van der Waals surface area contributed by atoms with Gasteiger partial charge in [0.2, 0.25) is 5.91 Å². The second-order valence-electron chi connectivity index (χ2n) is 5.30. The van der Waals surface area contributed by atoms with Crippen LogP contribution in [0.15, 0.2) is 42.5 Å². The molecule has 128 valence electrons. The molecule has 2 aromatic rings. The minimum atomic E-state index is -1.13. The van der Waals surface area contributed by atoms with Crippen molar-refractivity contribution in [1.82, 2.24) is 5.32 Å². The summed E-state index contributed by atoms with van der Waals surface area (Å²) >= 11 is 5.84. The molecule has 2 aromatic carbocycles. The lowest BCUT2D eigenvalue weighted by molar-refractivity contribution is -0.120. The van der Waals surface area contributed by atoms with E-state index < -0.39 is 12.0 Å². The van der Waals surface area contributed by atoms with Crippen LogP contribution in [0.2, 0.25) is 5.02 Å². The summed E-state index contributed by atoms with van der Waals surface area (Å²) in [6.07, 6.45) is 0.115. The van der Waals surface area contributed by atoms with E-state index in [0.717, 1.165) is 0 Å². The zero-order valence-corrected chi connectivity index (χ0v) is 13.6. The van der Waals surface area contributed by atoms with Gasteiger partial charge < -0.3 is 9.84 Å². The minimum absolute atomic E-state index is 0.00292. The van der Waals surface area contributed by atoms with Crippen molar-refractivity contribution < 1.29 is 24.2 Å². The molecule has 3 amide bonds. The number of imide groups is 1.